The Balaban J connectivity index is 1.62. The normalized spacial score (nSPS) is 16.1. The van der Waals surface area contributed by atoms with E-state index in [2.05, 4.69) is 0 Å². The van der Waals surface area contributed by atoms with Crippen molar-refractivity contribution in [3.05, 3.63) is 59.5 Å². The molecule has 0 bridgehead atoms. The third kappa shape index (κ3) is 6.05. The predicted molar refractivity (Wildman–Crippen MR) is 123 cm³/mol. The Hall–Kier alpha value is -2.97. The van der Waals surface area contributed by atoms with Crippen LogP contribution >= 0.6 is 11.8 Å². The highest BCUT2D eigenvalue weighted by Crippen LogP contribution is 2.40. The van der Waals surface area contributed by atoms with Crippen LogP contribution in [0.1, 0.15) is 17.3 Å². The van der Waals surface area contributed by atoms with Crippen LogP contribution in [0, 0.1) is 0 Å². The third-order valence-corrected chi connectivity index (χ3v) is 5.72. The second-order valence-electron chi connectivity index (χ2n) is 7.06. The molecule has 2 aromatic rings. The minimum atomic E-state index is -0.335. The zero-order valence-corrected chi connectivity index (χ0v) is 19.2. The van der Waals surface area contributed by atoms with E-state index in [9.17, 15) is 9.59 Å². The Labute approximate surface area is 192 Å². The van der Waals surface area contributed by atoms with Crippen LogP contribution in [-0.2, 0) is 9.53 Å². The summed E-state index contributed by atoms with van der Waals surface area (Å²) in [6.07, 6.45) is 1.23. The van der Waals surface area contributed by atoms with E-state index in [1.165, 1.54) is 32.9 Å². The van der Waals surface area contributed by atoms with Crippen LogP contribution in [0.2, 0.25) is 0 Å². The van der Waals surface area contributed by atoms with Crippen molar-refractivity contribution in [2.24, 2.45) is 0 Å². The number of carbonyl (C=O) groups is 2. The van der Waals surface area contributed by atoms with Gasteiger partial charge in [-0.15, -0.1) is 0 Å². The van der Waals surface area contributed by atoms with Gasteiger partial charge in [-0.25, -0.2) is 0 Å². The summed E-state index contributed by atoms with van der Waals surface area (Å²) in [7, 11) is 3.01. The van der Waals surface area contributed by atoms with E-state index in [0.717, 1.165) is 4.90 Å². The number of rotatable bonds is 9. The lowest BCUT2D eigenvalue weighted by Crippen LogP contribution is -2.47. The molecule has 2 aromatic carbocycles. The van der Waals surface area contributed by atoms with Crippen molar-refractivity contribution in [1.29, 1.82) is 0 Å². The fourth-order valence-electron chi connectivity index (χ4n) is 3.29. The van der Waals surface area contributed by atoms with Crippen molar-refractivity contribution in [2.75, 3.05) is 40.5 Å². The van der Waals surface area contributed by atoms with E-state index in [0.29, 0.717) is 42.5 Å². The summed E-state index contributed by atoms with van der Waals surface area (Å²) in [5.41, 5.74) is 0.396. The fourth-order valence-corrected chi connectivity index (χ4v) is 3.95. The highest BCUT2D eigenvalue weighted by Gasteiger charge is 2.26. The van der Waals surface area contributed by atoms with Crippen LogP contribution in [0.3, 0.4) is 0 Å². The smallest absolute Gasteiger partial charge is 0.247 e. The Morgan fingerprint density at radius 2 is 1.91 bits per heavy atom. The Bertz CT molecular complexity index is 962. The highest BCUT2D eigenvalue weighted by molar-refractivity contribution is 8.02. The quantitative estimate of drug-likeness (QED) is 0.322. The van der Waals surface area contributed by atoms with Gasteiger partial charge in [0.15, 0.2) is 17.3 Å². The number of hydrogen-bond acceptors (Lipinski definition) is 7. The molecule has 0 saturated carbocycles. The molecular formula is C24H27NO6S. The number of Topliss-reactive ketones (excluding diaryl/α,β-unsaturated/α-hetero) is 1. The van der Waals surface area contributed by atoms with Crippen molar-refractivity contribution in [2.45, 2.75) is 17.9 Å². The van der Waals surface area contributed by atoms with E-state index in [1.807, 2.05) is 30.3 Å². The molecule has 32 heavy (non-hydrogen) atoms. The van der Waals surface area contributed by atoms with E-state index in [-0.39, 0.29) is 24.4 Å². The Morgan fingerprint density at radius 1 is 1.12 bits per heavy atom. The molecular weight excluding hydrogens is 430 g/mol. The van der Waals surface area contributed by atoms with Gasteiger partial charge in [0, 0.05) is 17.5 Å². The molecule has 1 unspecified atom stereocenters. The standard InChI is InChI=1S/C24H27NO6S/c1-17(26)20-9-10-21(28-2)24(29-3)23(20)31-16-18-15-25(12-13-30-18)22(27)11-14-32-19-7-5-4-6-8-19/h4-11,14,18H,12-13,15-16H2,1-3H3. The number of morpholine rings is 1. The lowest BCUT2D eigenvalue weighted by atomic mass is 10.1. The third-order valence-electron chi connectivity index (χ3n) is 4.90. The van der Waals surface area contributed by atoms with Gasteiger partial charge in [0.2, 0.25) is 11.7 Å². The molecule has 1 aliphatic heterocycles. The van der Waals surface area contributed by atoms with Crippen molar-refractivity contribution in [1.82, 2.24) is 4.90 Å². The predicted octanol–water partition coefficient (Wildman–Crippen LogP) is 3.82. The number of thioether (sulfide) groups is 1. The first-order valence-corrected chi connectivity index (χ1v) is 11.1. The van der Waals surface area contributed by atoms with E-state index < -0.39 is 0 Å². The van der Waals surface area contributed by atoms with Gasteiger partial charge >= 0.3 is 0 Å². The molecule has 170 valence electrons. The van der Waals surface area contributed by atoms with Crippen LogP contribution in [0.4, 0.5) is 0 Å². The molecule has 0 spiro atoms. The van der Waals surface area contributed by atoms with E-state index >= 15 is 0 Å². The van der Waals surface area contributed by atoms with Gasteiger partial charge in [-0.1, -0.05) is 30.0 Å². The zero-order chi connectivity index (χ0) is 22.9. The van der Waals surface area contributed by atoms with Crippen molar-refractivity contribution >= 4 is 23.5 Å². The lowest BCUT2D eigenvalue weighted by Gasteiger charge is -2.32. The van der Waals surface area contributed by atoms with Gasteiger partial charge in [0.25, 0.3) is 0 Å². The fraction of sp³-hybridized carbons (Fsp3) is 0.333. The van der Waals surface area contributed by atoms with Gasteiger partial charge in [-0.2, -0.15) is 0 Å². The zero-order valence-electron chi connectivity index (χ0n) is 18.4. The second kappa shape index (κ2) is 11.6. The van der Waals surface area contributed by atoms with Crippen molar-refractivity contribution in [3.63, 3.8) is 0 Å². The van der Waals surface area contributed by atoms with E-state index in [4.69, 9.17) is 18.9 Å². The van der Waals surface area contributed by atoms with Gasteiger partial charge in [-0.05, 0) is 36.6 Å². The van der Waals surface area contributed by atoms with Crippen LogP contribution < -0.4 is 14.2 Å². The molecule has 0 aromatic heterocycles. The lowest BCUT2D eigenvalue weighted by molar-refractivity contribution is -0.134. The number of amides is 1. The number of benzene rings is 2. The number of methoxy groups -OCH3 is 2. The largest absolute Gasteiger partial charge is 0.493 e. The Kier molecular flexibility index (Phi) is 8.58. The molecule has 1 heterocycles. The minimum absolute atomic E-state index is 0.0786. The van der Waals surface area contributed by atoms with Crippen LogP contribution in [-0.4, -0.2) is 63.2 Å². The van der Waals surface area contributed by atoms with Crippen LogP contribution in [0.15, 0.2) is 58.8 Å². The summed E-state index contributed by atoms with van der Waals surface area (Å²) in [6, 6.07) is 13.2. The second-order valence-corrected chi connectivity index (χ2v) is 8.03. The summed E-state index contributed by atoms with van der Waals surface area (Å²) in [6.45, 7) is 2.94. The molecule has 0 N–H and O–H groups in total. The first kappa shape index (κ1) is 23.7. The molecule has 0 radical (unpaired) electrons. The molecule has 1 amide bonds. The summed E-state index contributed by atoms with van der Waals surface area (Å²) >= 11 is 1.49. The number of hydrogen-bond donors (Lipinski definition) is 0. The maximum absolute atomic E-state index is 12.6. The van der Waals surface area contributed by atoms with Crippen LogP contribution in [0.25, 0.3) is 0 Å². The molecule has 1 fully saturated rings. The van der Waals surface area contributed by atoms with Gasteiger partial charge in [-0.3, -0.25) is 9.59 Å². The van der Waals surface area contributed by atoms with Gasteiger partial charge in [0.05, 0.1) is 32.9 Å². The van der Waals surface area contributed by atoms with E-state index in [1.54, 1.807) is 28.5 Å². The Morgan fingerprint density at radius 3 is 2.59 bits per heavy atom. The average Bonchev–Trinajstić information content (AvgIpc) is 2.82. The average molecular weight is 458 g/mol. The van der Waals surface area contributed by atoms with Crippen molar-refractivity contribution < 1.29 is 28.5 Å². The molecule has 7 nitrogen and oxygen atoms in total. The SMILES string of the molecule is COc1ccc(C(C)=O)c(OCC2CN(C(=O)C=CSc3ccccc3)CCO2)c1OC. The summed E-state index contributed by atoms with van der Waals surface area (Å²) in [5.74, 6) is 0.902. The first-order chi connectivity index (χ1) is 15.5. The number of nitrogens with zero attached hydrogens (tertiary/aromatic N) is 1. The number of ether oxygens (including phenoxy) is 4. The number of carbonyl (C=O) groups excluding carboxylic acids is 2. The molecule has 3 rings (SSSR count). The maximum atomic E-state index is 12.6. The molecule has 8 heteroatoms. The molecule has 1 atom stereocenters. The summed E-state index contributed by atoms with van der Waals surface area (Å²) in [5, 5.41) is 1.79. The number of ketones is 1. The van der Waals surface area contributed by atoms with Gasteiger partial charge in [0.1, 0.15) is 12.7 Å². The highest BCUT2D eigenvalue weighted by atomic mass is 32.2. The molecule has 0 aliphatic carbocycles. The first-order valence-electron chi connectivity index (χ1n) is 10.2. The van der Waals surface area contributed by atoms with Crippen molar-refractivity contribution in [3.8, 4) is 17.2 Å². The molecule has 1 saturated heterocycles. The molecule has 1 aliphatic rings. The summed E-state index contributed by atoms with van der Waals surface area (Å²) in [4.78, 5) is 27.4. The maximum Gasteiger partial charge on any atom is 0.247 e. The van der Waals surface area contributed by atoms with Gasteiger partial charge < -0.3 is 23.8 Å². The summed E-state index contributed by atoms with van der Waals surface area (Å²) < 4.78 is 22.5. The minimum Gasteiger partial charge on any atom is -0.493 e. The monoisotopic (exact) mass is 457 g/mol. The topological polar surface area (TPSA) is 74.3 Å². The van der Waals surface area contributed by atoms with Crippen LogP contribution in [0.5, 0.6) is 17.2 Å².